The van der Waals surface area contributed by atoms with Gasteiger partial charge in [0.15, 0.2) is 0 Å². The van der Waals surface area contributed by atoms with E-state index in [1.807, 2.05) is 30.1 Å². The summed E-state index contributed by atoms with van der Waals surface area (Å²) in [5, 5.41) is 0. The number of hydrogen-bond acceptors (Lipinski definition) is 3. The molecular formula is C11H16F3N3. The van der Waals surface area contributed by atoms with Crippen LogP contribution < -0.4 is 0 Å². The van der Waals surface area contributed by atoms with E-state index in [0.717, 1.165) is 0 Å². The van der Waals surface area contributed by atoms with E-state index >= 15 is 0 Å². The summed E-state index contributed by atoms with van der Waals surface area (Å²) in [6.07, 6.45) is -0.638. The summed E-state index contributed by atoms with van der Waals surface area (Å²) < 4.78 is 35.9. The Bertz CT molecular complexity index is 268. The molecule has 0 spiro atoms. The van der Waals surface area contributed by atoms with Crippen molar-refractivity contribution in [1.82, 2.24) is 14.8 Å². The predicted molar refractivity (Wildman–Crippen MR) is 59.4 cm³/mol. The lowest BCUT2D eigenvalue weighted by Gasteiger charge is -2.33. The van der Waals surface area contributed by atoms with Crippen LogP contribution in [0.2, 0.25) is 0 Å². The molecule has 1 aromatic heterocycles. The zero-order valence-corrected chi connectivity index (χ0v) is 9.69. The fourth-order valence-electron chi connectivity index (χ4n) is 1.37. The molecule has 0 aliphatic carbocycles. The van der Waals surface area contributed by atoms with Gasteiger partial charge >= 0.3 is 6.30 Å². The van der Waals surface area contributed by atoms with E-state index in [2.05, 4.69) is 4.98 Å². The van der Waals surface area contributed by atoms with Gasteiger partial charge in [0.1, 0.15) is 0 Å². The highest BCUT2D eigenvalue weighted by molar-refractivity contribution is 4.88. The number of rotatable bonds is 0. The van der Waals surface area contributed by atoms with E-state index in [4.69, 9.17) is 0 Å². The zero-order chi connectivity index (χ0) is 12.7. The normalized spacial score (nSPS) is 18.4. The predicted octanol–water partition coefficient (Wildman–Crippen LogP) is 1.84. The molecule has 2 rings (SSSR count). The Balaban J connectivity index is 0.000000202. The molecule has 0 N–H and O–H groups in total. The smallest absolute Gasteiger partial charge is 0.304 e. The van der Waals surface area contributed by atoms with Gasteiger partial charge in [0.2, 0.25) is 0 Å². The van der Waals surface area contributed by atoms with Crippen molar-refractivity contribution < 1.29 is 13.2 Å². The van der Waals surface area contributed by atoms with Gasteiger partial charge in [0, 0.05) is 38.6 Å². The largest absolute Gasteiger partial charge is 0.460 e. The number of alkyl halides is 3. The van der Waals surface area contributed by atoms with Crippen molar-refractivity contribution in [2.45, 2.75) is 6.30 Å². The third-order valence-corrected chi connectivity index (χ3v) is 2.43. The molecule has 1 saturated heterocycles. The molecule has 0 saturated carbocycles. The first-order valence-electron chi connectivity index (χ1n) is 5.35. The Hall–Kier alpha value is -1.14. The molecule has 3 nitrogen and oxygen atoms in total. The first kappa shape index (κ1) is 13.9. The van der Waals surface area contributed by atoms with Gasteiger partial charge in [0.05, 0.1) is 0 Å². The summed E-state index contributed by atoms with van der Waals surface area (Å²) >= 11 is 0. The van der Waals surface area contributed by atoms with Crippen LogP contribution in [0.3, 0.4) is 0 Å². The van der Waals surface area contributed by atoms with Crippen molar-refractivity contribution in [2.75, 3.05) is 33.2 Å². The van der Waals surface area contributed by atoms with E-state index in [-0.39, 0.29) is 13.1 Å². The lowest BCUT2D eigenvalue weighted by molar-refractivity contribution is -0.251. The molecule has 0 atom stereocenters. The molecule has 0 unspecified atom stereocenters. The van der Waals surface area contributed by atoms with Crippen LogP contribution in [0.25, 0.3) is 0 Å². The van der Waals surface area contributed by atoms with Gasteiger partial charge < -0.3 is 4.90 Å². The first-order valence-corrected chi connectivity index (χ1v) is 5.35. The van der Waals surface area contributed by atoms with E-state index < -0.39 is 6.30 Å². The molecule has 96 valence electrons. The topological polar surface area (TPSA) is 19.4 Å². The van der Waals surface area contributed by atoms with Crippen LogP contribution in [0.4, 0.5) is 13.2 Å². The van der Waals surface area contributed by atoms with Crippen LogP contribution in [0.5, 0.6) is 0 Å². The lowest BCUT2D eigenvalue weighted by atomic mass is 10.3. The molecule has 6 heteroatoms. The highest BCUT2D eigenvalue weighted by Gasteiger charge is 2.38. The van der Waals surface area contributed by atoms with Gasteiger partial charge in [-0.15, -0.1) is 0 Å². The second-order valence-electron chi connectivity index (χ2n) is 3.78. The number of likely N-dealkylation sites (N-methyl/N-ethyl adjacent to an activating group) is 1. The maximum atomic E-state index is 12.0. The molecule has 17 heavy (non-hydrogen) atoms. The van der Waals surface area contributed by atoms with Crippen LogP contribution in [0.1, 0.15) is 0 Å². The Kier molecular flexibility index (Phi) is 5.37. The van der Waals surface area contributed by atoms with Crippen molar-refractivity contribution in [3.63, 3.8) is 0 Å². The number of hydrogen-bond donors (Lipinski definition) is 0. The minimum absolute atomic E-state index is 0.0972. The standard InChI is InChI=1S/C6H11F3N2.C5H5N/c1-10-2-4-11(5-3-10)6(7,8)9;1-2-4-6-5-3-1/h2-5H2,1H3;1-5H. The van der Waals surface area contributed by atoms with Crippen LogP contribution in [0.15, 0.2) is 30.6 Å². The van der Waals surface area contributed by atoms with Crippen LogP contribution in [-0.4, -0.2) is 54.3 Å². The Morgan fingerprint density at radius 3 is 1.76 bits per heavy atom. The summed E-state index contributed by atoms with van der Waals surface area (Å²) in [5.74, 6) is 0. The molecule has 1 aromatic rings. The summed E-state index contributed by atoms with van der Waals surface area (Å²) in [4.78, 5) is 6.22. The Morgan fingerprint density at radius 2 is 1.47 bits per heavy atom. The average molecular weight is 247 g/mol. The van der Waals surface area contributed by atoms with Gasteiger partial charge in [-0.25, -0.2) is 4.90 Å². The third kappa shape index (κ3) is 5.65. The van der Waals surface area contributed by atoms with Crippen molar-refractivity contribution in [1.29, 1.82) is 0 Å². The summed E-state index contributed by atoms with van der Waals surface area (Å²) in [5.41, 5.74) is 0. The summed E-state index contributed by atoms with van der Waals surface area (Å²) in [6, 6.07) is 5.72. The van der Waals surface area contributed by atoms with Gasteiger partial charge in [0.25, 0.3) is 0 Å². The van der Waals surface area contributed by atoms with E-state index in [9.17, 15) is 13.2 Å². The fourth-order valence-corrected chi connectivity index (χ4v) is 1.37. The second-order valence-corrected chi connectivity index (χ2v) is 3.78. The lowest BCUT2D eigenvalue weighted by Crippen LogP contribution is -2.50. The third-order valence-electron chi connectivity index (χ3n) is 2.43. The van der Waals surface area contributed by atoms with Gasteiger partial charge in [-0.1, -0.05) is 6.07 Å². The molecule has 0 radical (unpaired) electrons. The Morgan fingerprint density at radius 1 is 0.941 bits per heavy atom. The highest BCUT2D eigenvalue weighted by Crippen LogP contribution is 2.21. The van der Waals surface area contributed by atoms with Crippen molar-refractivity contribution >= 4 is 0 Å². The minimum Gasteiger partial charge on any atom is -0.304 e. The van der Waals surface area contributed by atoms with Crippen molar-refractivity contribution in [2.24, 2.45) is 0 Å². The average Bonchev–Trinajstić information content (AvgIpc) is 2.31. The van der Waals surface area contributed by atoms with Crippen LogP contribution >= 0.6 is 0 Å². The van der Waals surface area contributed by atoms with Crippen LogP contribution in [-0.2, 0) is 0 Å². The summed E-state index contributed by atoms with van der Waals surface area (Å²) in [7, 11) is 1.83. The first-order chi connectivity index (χ1) is 8.00. The second kappa shape index (κ2) is 6.56. The molecule has 1 aliphatic heterocycles. The SMILES string of the molecule is CN1CCN(C(F)(F)F)CC1.c1ccncc1. The van der Waals surface area contributed by atoms with Crippen molar-refractivity contribution in [3.05, 3.63) is 30.6 Å². The number of pyridine rings is 1. The molecule has 0 amide bonds. The minimum atomic E-state index is -4.14. The molecule has 1 fully saturated rings. The monoisotopic (exact) mass is 247 g/mol. The number of nitrogens with zero attached hydrogens (tertiary/aromatic N) is 3. The quantitative estimate of drug-likeness (QED) is 0.652. The molecule has 2 heterocycles. The molecule has 1 aliphatic rings. The van der Waals surface area contributed by atoms with E-state index in [0.29, 0.717) is 18.0 Å². The zero-order valence-electron chi connectivity index (χ0n) is 9.69. The van der Waals surface area contributed by atoms with E-state index in [1.54, 1.807) is 12.4 Å². The van der Waals surface area contributed by atoms with Gasteiger partial charge in [-0.05, 0) is 19.2 Å². The highest BCUT2D eigenvalue weighted by atomic mass is 19.4. The maximum absolute atomic E-state index is 12.0. The molecular weight excluding hydrogens is 231 g/mol. The number of halogens is 3. The maximum Gasteiger partial charge on any atom is 0.460 e. The van der Waals surface area contributed by atoms with Crippen molar-refractivity contribution in [3.8, 4) is 0 Å². The number of aromatic nitrogens is 1. The molecule has 0 aromatic carbocycles. The van der Waals surface area contributed by atoms with Crippen LogP contribution in [0, 0.1) is 0 Å². The van der Waals surface area contributed by atoms with Gasteiger partial charge in [-0.3, -0.25) is 4.98 Å². The summed E-state index contributed by atoms with van der Waals surface area (Å²) in [6.45, 7) is 1.19. The fraction of sp³-hybridized carbons (Fsp3) is 0.545. The Labute approximate surface area is 98.9 Å². The van der Waals surface area contributed by atoms with Gasteiger partial charge in [-0.2, -0.15) is 13.2 Å². The molecule has 0 bridgehead atoms. The van der Waals surface area contributed by atoms with E-state index in [1.165, 1.54) is 0 Å². The number of piperazine rings is 1.